The van der Waals surface area contributed by atoms with E-state index in [0.717, 1.165) is 18.1 Å². The fraction of sp³-hybridized carbons (Fsp3) is 0.250. The number of nitrogens with one attached hydrogen (secondary N) is 1. The van der Waals surface area contributed by atoms with Crippen LogP contribution in [0.15, 0.2) is 30.6 Å². The highest BCUT2D eigenvalue weighted by Gasteiger charge is 2.00. The molecule has 4 nitrogen and oxygen atoms in total. The van der Waals surface area contributed by atoms with E-state index in [0.29, 0.717) is 0 Å². The molecule has 1 heterocycles. The number of rotatable bonds is 3. The Morgan fingerprint density at radius 3 is 2.88 bits per heavy atom. The summed E-state index contributed by atoms with van der Waals surface area (Å²) >= 11 is 0. The van der Waals surface area contributed by atoms with Gasteiger partial charge in [-0.1, -0.05) is 29.8 Å². The maximum atomic E-state index is 4.13. The van der Waals surface area contributed by atoms with Crippen molar-refractivity contribution in [3.8, 4) is 0 Å². The van der Waals surface area contributed by atoms with Crippen LogP contribution in [0.25, 0.3) is 0 Å². The summed E-state index contributed by atoms with van der Waals surface area (Å²) in [5.74, 6) is 0.788. The minimum atomic E-state index is 0.751. The number of anilines is 1. The molecule has 2 rings (SSSR count). The molecule has 0 fully saturated rings. The number of aryl methyl sites for hydroxylation is 2. The molecule has 0 aliphatic rings. The molecule has 16 heavy (non-hydrogen) atoms. The number of hydrogen-bond donors (Lipinski definition) is 1. The third kappa shape index (κ3) is 2.53. The third-order valence-electron chi connectivity index (χ3n) is 2.33. The van der Waals surface area contributed by atoms with Crippen molar-refractivity contribution >= 4 is 5.82 Å². The molecule has 82 valence electrons. The van der Waals surface area contributed by atoms with Gasteiger partial charge in [-0.2, -0.15) is 5.10 Å². The van der Waals surface area contributed by atoms with Crippen molar-refractivity contribution in [3.63, 3.8) is 0 Å². The lowest BCUT2D eigenvalue weighted by molar-refractivity contribution is 0.916. The standard InChI is InChI=1S/C12H14N4/c1-9-4-3-5-11(6-9)7-13-12-10(2)16-15-8-14-12/h3-6,8H,7H2,1-2H3,(H,13,14,15). The average molecular weight is 214 g/mol. The zero-order valence-corrected chi connectivity index (χ0v) is 9.44. The molecule has 0 aliphatic heterocycles. The summed E-state index contributed by atoms with van der Waals surface area (Å²) in [5, 5.41) is 10.9. The number of nitrogens with zero attached hydrogens (tertiary/aromatic N) is 3. The van der Waals surface area contributed by atoms with E-state index < -0.39 is 0 Å². The SMILES string of the molecule is Cc1cccc(CNc2ncnnc2C)c1. The van der Waals surface area contributed by atoms with Crippen LogP contribution in [0.2, 0.25) is 0 Å². The zero-order chi connectivity index (χ0) is 11.4. The fourth-order valence-electron chi connectivity index (χ4n) is 1.52. The van der Waals surface area contributed by atoms with Crippen LogP contribution in [0.3, 0.4) is 0 Å². The van der Waals surface area contributed by atoms with Gasteiger partial charge in [0.1, 0.15) is 12.0 Å². The van der Waals surface area contributed by atoms with E-state index in [1.807, 2.05) is 6.92 Å². The Hall–Kier alpha value is -1.97. The molecule has 0 radical (unpaired) electrons. The number of aromatic nitrogens is 3. The van der Waals surface area contributed by atoms with Crippen molar-refractivity contribution in [3.05, 3.63) is 47.4 Å². The minimum absolute atomic E-state index is 0.751. The quantitative estimate of drug-likeness (QED) is 0.850. The van der Waals surface area contributed by atoms with E-state index in [2.05, 4.69) is 51.7 Å². The molecule has 0 saturated heterocycles. The van der Waals surface area contributed by atoms with Gasteiger partial charge < -0.3 is 5.32 Å². The van der Waals surface area contributed by atoms with Gasteiger partial charge >= 0.3 is 0 Å². The summed E-state index contributed by atoms with van der Waals surface area (Å²) in [5.41, 5.74) is 3.31. The molecule has 0 bridgehead atoms. The molecule has 2 aromatic rings. The van der Waals surface area contributed by atoms with Crippen LogP contribution in [0.5, 0.6) is 0 Å². The molecule has 4 heteroatoms. The Balaban J connectivity index is 2.05. The van der Waals surface area contributed by atoms with Crippen molar-refractivity contribution in [2.45, 2.75) is 20.4 Å². The van der Waals surface area contributed by atoms with E-state index in [9.17, 15) is 0 Å². The lowest BCUT2D eigenvalue weighted by atomic mass is 10.1. The lowest BCUT2D eigenvalue weighted by Gasteiger charge is -2.07. The molecule has 0 amide bonds. The first-order valence-corrected chi connectivity index (χ1v) is 5.19. The van der Waals surface area contributed by atoms with Crippen molar-refractivity contribution in [2.24, 2.45) is 0 Å². The first-order valence-electron chi connectivity index (χ1n) is 5.19. The maximum Gasteiger partial charge on any atom is 0.151 e. The first-order chi connectivity index (χ1) is 7.75. The van der Waals surface area contributed by atoms with Gasteiger partial charge in [-0.15, -0.1) is 5.10 Å². The van der Waals surface area contributed by atoms with E-state index >= 15 is 0 Å². The Morgan fingerprint density at radius 1 is 1.25 bits per heavy atom. The Bertz CT molecular complexity index is 482. The summed E-state index contributed by atoms with van der Waals surface area (Å²) in [6.07, 6.45) is 1.45. The summed E-state index contributed by atoms with van der Waals surface area (Å²) < 4.78 is 0. The predicted octanol–water partition coefficient (Wildman–Crippen LogP) is 2.10. The van der Waals surface area contributed by atoms with Crippen LogP contribution in [0.4, 0.5) is 5.82 Å². The summed E-state index contributed by atoms with van der Waals surface area (Å²) in [7, 11) is 0. The second-order valence-electron chi connectivity index (χ2n) is 3.74. The second kappa shape index (κ2) is 4.70. The second-order valence-corrected chi connectivity index (χ2v) is 3.74. The topological polar surface area (TPSA) is 50.7 Å². The van der Waals surface area contributed by atoms with Crippen LogP contribution in [-0.4, -0.2) is 15.2 Å². The van der Waals surface area contributed by atoms with Crippen LogP contribution >= 0.6 is 0 Å². The maximum absolute atomic E-state index is 4.13. The van der Waals surface area contributed by atoms with E-state index in [1.165, 1.54) is 17.5 Å². The number of hydrogen-bond acceptors (Lipinski definition) is 4. The van der Waals surface area contributed by atoms with Gasteiger partial charge in [-0.3, -0.25) is 0 Å². The largest absolute Gasteiger partial charge is 0.364 e. The first kappa shape index (κ1) is 10.5. The van der Waals surface area contributed by atoms with E-state index in [-0.39, 0.29) is 0 Å². The average Bonchev–Trinajstić information content (AvgIpc) is 2.28. The van der Waals surface area contributed by atoms with Crippen LogP contribution in [-0.2, 0) is 6.54 Å². The van der Waals surface area contributed by atoms with E-state index in [4.69, 9.17) is 0 Å². The lowest BCUT2D eigenvalue weighted by Crippen LogP contribution is -2.05. The van der Waals surface area contributed by atoms with Gasteiger partial charge in [-0.25, -0.2) is 4.98 Å². The molecule has 1 N–H and O–H groups in total. The zero-order valence-electron chi connectivity index (χ0n) is 9.44. The normalized spacial score (nSPS) is 10.1. The van der Waals surface area contributed by atoms with Gasteiger partial charge in [0.05, 0.1) is 0 Å². The smallest absolute Gasteiger partial charge is 0.151 e. The third-order valence-corrected chi connectivity index (χ3v) is 2.33. The van der Waals surface area contributed by atoms with Crippen LogP contribution < -0.4 is 5.32 Å². The molecular formula is C12H14N4. The van der Waals surface area contributed by atoms with Gasteiger partial charge in [-0.05, 0) is 19.4 Å². The van der Waals surface area contributed by atoms with Gasteiger partial charge in [0.15, 0.2) is 5.82 Å². The Labute approximate surface area is 94.8 Å². The van der Waals surface area contributed by atoms with Crippen molar-refractivity contribution in [1.82, 2.24) is 15.2 Å². The fourth-order valence-corrected chi connectivity index (χ4v) is 1.52. The number of benzene rings is 1. The Morgan fingerprint density at radius 2 is 2.12 bits per heavy atom. The highest BCUT2D eigenvalue weighted by molar-refractivity contribution is 5.38. The summed E-state index contributed by atoms with van der Waals surface area (Å²) in [6, 6.07) is 8.37. The highest BCUT2D eigenvalue weighted by atomic mass is 15.2. The Kier molecular flexibility index (Phi) is 3.10. The molecule has 0 atom stereocenters. The van der Waals surface area contributed by atoms with Crippen molar-refractivity contribution in [1.29, 1.82) is 0 Å². The van der Waals surface area contributed by atoms with Gasteiger partial charge in [0, 0.05) is 6.54 Å². The molecule has 0 aliphatic carbocycles. The van der Waals surface area contributed by atoms with Crippen LogP contribution in [0.1, 0.15) is 16.8 Å². The van der Waals surface area contributed by atoms with E-state index in [1.54, 1.807) is 0 Å². The van der Waals surface area contributed by atoms with Gasteiger partial charge in [0.2, 0.25) is 0 Å². The molecule has 0 unspecified atom stereocenters. The summed E-state index contributed by atoms with van der Waals surface area (Å²) in [4.78, 5) is 4.13. The minimum Gasteiger partial charge on any atom is -0.364 e. The molecule has 1 aromatic carbocycles. The van der Waals surface area contributed by atoms with Crippen molar-refractivity contribution < 1.29 is 0 Å². The molecule has 0 spiro atoms. The molecule has 1 aromatic heterocycles. The van der Waals surface area contributed by atoms with Crippen molar-refractivity contribution in [2.75, 3.05) is 5.32 Å². The highest BCUT2D eigenvalue weighted by Crippen LogP contribution is 2.09. The molecule has 0 saturated carbocycles. The van der Waals surface area contributed by atoms with Crippen LogP contribution in [0, 0.1) is 13.8 Å². The predicted molar refractivity (Wildman–Crippen MR) is 63.1 cm³/mol. The van der Waals surface area contributed by atoms with Gasteiger partial charge in [0.25, 0.3) is 0 Å². The summed E-state index contributed by atoms with van der Waals surface area (Å²) in [6.45, 7) is 4.72. The monoisotopic (exact) mass is 214 g/mol. The molecular weight excluding hydrogens is 200 g/mol.